The maximum Gasteiger partial charge on any atom is 0.266 e. The Hall–Kier alpha value is -2.75. The summed E-state index contributed by atoms with van der Waals surface area (Å²) in [5.41, 5.74) is 1.24. The van der Waals surface area contributed by atoms with Gasteiger partial charge in [-0.3, -0.25) is 9.69 Å². The monoisotopic (exact) mass is 456 g/mol. The highest BCUT2D eigenvalue weighted by Gasteiger charge is 2.31. The molecule has 1 fully saturated rings. The van der Waals surface area contributed by atoms with E-state index in [2.05, 4.69) is 22.0 Å². The van der Waals surface area contributed by atoms with E-state index >= 15 is 0 Å². The third kappa shape index (κ3) is 5.12. The maximum atomic E-state index is 13.2. The molecule has 2 aromatic carbocycles. The van der Waals surface area contributed by atoms with Crippen molar-refractivity contribution < 1.29 is 13.2 Å². The zero-order chi connectivity index (χ0) is 21.7. The molecule has 0 aliphatic carbocycles. The second-order valence-corrected chi connectivity index (χ2v) is 10.0. The molecule has 31 heavy (non-hydrogen) atoms. The predicted octanol–water partition coefficient (Wildman–Crippen LogP) is 2.68. The highest BCUT2D eigenvalue weighted by atomic mass is 32.2. The minimum atomic E-state index is -3.89. The van der Waals surface area contributed by atoms with Crippen LogP contribution in [0.3, 0.4) is 0 Å². The Morgan fingerprint density at radius 3 is 2.23 bits per heavy atom. The van der Waals surface area contributed by atoms with Crippen molar-refractivity contribution in [1.29, 1.82) is 0 Å². The summed E-state index contributed by atoms with van der Waals surface area (Å²) in [7, 11) is -3.89. The molecule has 0 saturated carbocycles. The Kier molecular flexibility index (Phi) is 6.64. The van der Waals surface area contributed by atoms with Crippen molar-refractivity contribution in [2.75, 3.05) is 37.0 Å². The lowest BCUT2D eigenvalue weighted by Gasteiger charge is -2.35. The van der Waals surface area contributed by atoms with E-state index in [0.717, 1.165) is 23.9 Å². The largest absolute Gasteiger partial charge is 0.339 e. The number of carbonyl (C=O) groups excluding carboxylic acids is 1. The first kappa shape index (κ1) is 21.5. The molecule has 1 saturated heterocycles. The maximum absolute atomic E-state index is 13.2. The molecular weight excluding hydrogens is 432 g/mol. The molecule has 1 amide bonds. The fourth-order valence-electron chi connectivity index (χ4n) is 3.53. The summed E-state index contributed by atoms with van der Waals surface area (Å²) in [6, 6.07) is 18.4. The Labute approximate surface area is 186 Å². The number of piperazine rings is 1. The van der Waals surface area contributed by atoms with Crippen LogP contribution in [-0.4, -0.2) is 61.8 Å². The van der Waals surface area contributed by atoms with E-state index in [1.54, 1.807) is 34.7 Å². The van der Waals surface area contributed by atoms with Gasteiger partial charge in [-0.2, -0.15) is 0 Å². The number of amides is 1. The number of rotatable bonds is 7. The lowest BCUT2D eigenvalue weighted by Crippen LogP contribution is -2.51. The molecule has 7 nitrogen and oxygen atoms in total. The molecule has 4 rings (SSSR count). The van der Waals surface area contributed by atoms with Crippen LogP contribution in [0.1, 0.15) is 5.56 Å². The normalized spacial score (nSPS) is 15.0. The second kappa shape index (κ2) is 9.59. The van der Waals surface area contributed by atoms with Crippen molar-refractivity contribution in [1.82, 2.24) is 14.8 Å². The van der Waals surface area contributed by atoms with E-state index in [-0.39, 0.29) is 17.3 Å². The van der Waals surface area contributed by atoms with Crippen LogP contribution in [0, 0.1) is 0 Å². The van der Waals surface area contributed by atoms with Gasteiger partial charge in [0.1, 0.15) is 6.54 Å². The zero-order valence-electron chi connectivity index (χ0n) is 17.0. The zero-order valence-corrected chi connectivity index (χ0v) is 18.6. The van der Waals surface area contributed by atoms with Crippen LogP contribution in [0.4, 0.5) is 5.13 Å². The molecule has 0 bridgehead atoms. The van der Waals surface area contributed by atoms with Gasteiger partial charge in [0, 0.05) is 44.3 Å². The minimum absolute atomic E-state index is 0.144. The smallest absolute Gasteiger partial charge is 0.266 e. The number of hydrogen-bond acceptors (Lipinski definition) is 6. The van der Waals surface area contributed by atoms with Gasteiger partial charge in [0.2, 0.25) is 5.91 Å². The average molecular weight is 457 g/mol. The summed E-state index contributed by atoms with van der Waals surface area (Å²) < 4.78 is 27.6. The van der Waals surface area contributed by atoms with E-state index in [1.165, 1.54) is 29.0 Å². The molecule has 1 aliphatic heterocycles. The predicted molar refractivity (Wildman–Crippen MR) is 121 cm³/mol. The van der Waals surface area contributed by atoms with Gasteiger partial charge in [-0.25, -0.2) is 17.7 Å². The number of nitrogens with zero attached hydrogens (tertiary/aromatic N) is 4. The highest BCUT2D eigenvalue weighted by molar-refractivity contribution is 7.93. The number of benzene rings is 2. The lowest BCUT2D eigenvalue weighted by atomic mass is 10.2. The van der Waals surface area contributed by atoms with Gasteiger partial charge >= 0.3 is 0 Å². The van der Waals surface area contributed by atoms with Gasteiger partial charge in [-0.15, -0.1) is 11.3 Å². The lowest BCUT2D eigenvalue weighted by molar-refractivity contribution is -0.131. The van der Waals surface area contributed by atoms with Crippen LogP contribution in [0.25, 0.3) is 0 Å². The average Bonchev–Trinajstić information content (AvgIpc) is 3.33. The standard InChI is InChI=1S/C22H24N4O3S2/c27-21(25-14-12-24(13-15-25)17-19-7-3-1-4-8-19)18-26(22-23-11-16-30-22)31(28,29)20-9-5-2-6-10-20/h1-11,16H,12-15,17-18H2. The highest BCUT2D eigenvalue weighted by Crippen LogP contribution is 2.25. The van der Waals surface area contributed by atoms with Gasteiger partial charge in [0.05, 0.1) is 4.90 Å². The van der Waals surface area contributed by atoms with E-state index in [9.17, 15) is 13.2 Å². The van der Waals surface area contributed by atoms with Gasteiger partial charge in [-0.05, 0) is 17.7 Å². The number of hydrogen-bond donors (Lipinski definition) is 0. The van der Waals surface area contributed by atoms with Crippen molar-refractivity contribution >= 4 is 32.4 Å². The Bertz CT molecular complexity index is 1080. The van der Waals surface area contributed by atoms with Crippen LogP contribution in [0.15, 0.2) is 77.1 Å². The first-order valence-electron chi connectivity index (χ1n) is 10.1. The molecular formula is C22H24N4O3S2. The fraction of sp³-hybridized carbons (Fsp3) is 0.273. The quantitative estimate of drug-likeness (QED) is 0.547. The minimum Gasteiger partial charge on any atom is -0.339 e. The first-order valence-corrected chi connectivity index (χ1v) is 12.4. The number of aromatic nitrogens is 1. The number of sulfonamides is 1. The Morgan fingerprint density at radius 2 is 1.61 bits per heavy atom. The Morgan fingerprint density at radius 1 is 0.968 bits per heavy atom. The van der Waals surface area contributed by atoms with Crippen LogP contribution >= 0.6 is 11.3 Å². The van der Waals surface area contributed by atoms with E-state index in [1.807, 2.05) is 18.2 Å². The summed E-state index contributed by atoms with van der Waals surface area (Å²) >= 11 is 1.20. The van der Waals surface area contributed by atoms with Crippen molar-refractivity contribution in [2.24, 2.45) is 0 Å². The molecule has 0 atom stereocenters. The molecule has 0 radical (unpaired) electrons. The number of carbonyl (C=O) groups is 1. The van der Waals surface area contributed by atoms with Crippen molar-refractivity contribution in [2.45, 2.75) is 11.4 Å². The second-order valence-electron chi connectivity index (χ2n) is 7.28. The summed E-state index contributed by atoms with van der Waals surface area (Å²) in [4.78, 5) is 21.4. The number of thiazole rings is 1. The van der Waals surface area contributed by atoms with Crippen LogP contribution < -0.4 is 4.31 Å². The van der Waals surface area contributed by atoms with Crippen LogP contribution in [0.2, 0.25) is 0 Å². The SMILES string of the molecule is O=C(CN(c1nccs1)S(=O)(=O)c1ccccc1)N1CCN(Cc2ccccc2)CC1. The van der Waals surface area contributed by atoms with E-state index in [4.69, 9.17) is 0 Å². The summed E-state index contributed by atoms with van der Waals surface area (Å²) in [5, 5.41) is 2.00. The van der Waals surface area contributed by atoms with Gasteiger partial charge in [0.25, 0.3) is 10.0 Å². The number of anilines is 1. The third-order valence-corrected chi connectivity index (χ3v) is 7.88. The molecule has 162 valence electrons. The van der Waals surface area contributed by atoms with Crippen molar-refractivity contribution in [3.8, 4) is 0 Å². The van der Waals surface area contributed by atoms with Crippen LogP contribution in [0.5, 0.6) is 0 Å². The van der Waals surface area contributed by atoms with Gasteiger partial charge in [-0.1, -0.05) is 48.5 Å². The van der Waals surface area contributed by atoms with Crippen molar-refractivity contribution in [3.63, 3.8) is 0 Å². The molecule has 0 N–H and O–H groups in total. The van der Waals surface area contributed by atoms with E-state index < -0.39 is 10.0 Å². The van der Waals surface area contributed by atoms with E-state index in [0.29, 0.717) is 18.2 Å². The summed E-state index contributed by atoms with van der Waals surface area (Å²) in [6.07, 6.45) is 1.54. The molecule has 3 aromatic rings. The fourth-order valence-corrected chi connectivity index (χ4v) is 5.79. The summed E-state index contributed by atoms with van der Waals surface area (Å²) in [5.74, 6) is -0.214. The first-order chi connectivity index (χ1) is 15.0. The molecule has 1 aliphatic rings. The third-order valence-electron chi connectivity index (χ3n) is 5.22. The van der Waals surface area contributed by atoms with Gasteiger partial charge < -0.3 is 4.90 Å². The summed E-state index contributed by atoms with van der Waals surface area (Å²) in [6.45, 7) is 3.23. The van der Waals surface area contributed by atoms with Gasteiger partial charge in [0.15, 0.2) is 5.13 Å². The van der Waals surface area contributed by atoms with Crippen molar-refractivity contribution in [3.05, 3.63) is 77.8 Å². The molecule has 9 heteroatoms. The Balaban J connectivity index is 1.43. The molecule has 1 aromatic heterocycles. The molecule has 2 heterocycles. The molecule has 0 unspecified atom stereocenters. The topological polar surface area (TPSA) is 73.8 Å². The van der Waals surface area contributed by atoms with Crippen LogP contribution in [-0.2, 0) is 21.4 Å². The molecule has 0 spiro atoms.